The van der Waals surface area contributed by atoms with Crippen molar-refractivity contribution in [1.82, 2.24) is 14.9 Å². The predicted molar refractivity (Wildman–Crippen MR) is 140 cm³/mol. The number of piperidine rings is 1. The zero-order valence-corrected chi connectivity index (χ0v) is 21.0. The van der Waals surface area contributed by atoms with Crippen molar-refractivity contribution >= 4 is 52.3 Å². The second-order valence-corrected chi connectivity index (χ2v) is 10.3. The van der Waals surface area contributed by atoms with E-state index in [0.29, 0.717) is 26.3 Å². The second kappa shape index (κ2) is 8.66. The maximum Gasteiger partial charge on any atom is 0.238 e. The number of hydrogen-bond donors (Lipinski definition) is 2. The van der Waals surface area contributed by atoms with Gasteiger partial charge in [0.05, 0.1) is 18.1 Å². The SMILES string of the molecule is O=C1CC(c2cccc(Cl)c2)C2(C(=O)Nc3cc(Cl)ccc32)C(c2cc(Cl)ccc2-n2ccnc2)N1. The van der Waals surface area contributed by atoms with E-state index in [9.17, 15) is 9.59 Å². The van der Waals surface area contributed by atoms with Crippen molar-refractivity contribution in [2.75, 3.05) is 5.32 Å². The molecule has 36 heavy (non-hydrogen) atoms. The Labute approximate surface area is 222 Å². The monoisotopic (exact) mass is 536 g/mol. The first-order chi connectivity index (χ1) is 17.4. The van der Waals surface area contributed by atoms with Gasteiger partial charge < -0.3 is 15.2 Å². The summed E-state index contributed by atoms with van der Waals surface area (Å²) in [5, 5.41) is 7.69. The highest BCUT2D eigenvalue weighted by Crippen LogP contribution is 2.58. The van der Waals surface area contributed by atoms with E-state index in [-0.39, 0.29) is 18.2 Å². The van der Waals surface area contributed by atoms with E-state index in [1.807, 2.05) is 34.9 Å². The molecule has 2 aliphatic heterocycles. The lowest BCUT2D eigenvalue weighted by molar-refractivity contribution is -0.131. The normalized spacial score (nSPS) is 22.9. The van der Waals surface area contributed by atoms with Gasteiger partial charge in [-0.2, -0.15) is 0 Å². The number of aromatic nitrogens is 2. The van der Waals surface area contributed by atoms with Crippen molar-refractivity contribution in [2.45, 2.75) is 23.8 Å². The van der Waals surface area contributed by atoms with Crippen LogP contribution in [-0.4, -0.2) is 21.4 Å². The minimum absolute atomic E-state index is 0.104. The van der Waals surface area contributed by atoms with E-state index in [1.165, 1.54) is 0 Å². The molecule has 6 rings (SSSR count). The van der Waals surface area contributed by atoms with Crippen molar-refractivity contribution in [3.05, 3.63) is 111 Å². The average Bonchev–Trinajstić information content (AvgIpc) is 3.47. The molecule has 9 heteroatoms. The van der Waals surface area contributed by atoms with Crippen LogP contribution in [0.1, 0.15) is 35.1 Å². The fourth-order valence-corrected chi connectivity index (χ4v) is 6.21. The largest absolute Gasteiger partial charge is 0.348 e. The van der Waals surface area contributed by atoms with E-state index >= 15 is 0 Å². The third kappa shape index (κ3) is 3.52. The number of imidazole rings is 1. The number of halogens is 3. The number of fused-ring (bicyclic) bond motifs is 2. The van der Waals surface area contributed by atoms with E-state index in [0.717, 1.165) is 16.8 Å². The zero-order chi connectivity index (χ0) is 25.0. The molecule has 0 aliphatic carbocycles. The molecule has 2 N–H and O–H groups in total. The number of nitrogens with zero attached hydrogens (tertiary/aromatic N) is 2. The maximum atomic E-state index is 14.2. The van der Waals surface area contributed by atoms with E-state index in [2.05, 4.69) is 15.6 Å². The first-order valence-electron chi connectivity index (χ1n) is 11.3. The Morgan fingerprint density at radius 3 is 2.50 bits per heavy atom. The third-order valence-electron chi connectivity index (χ3n) is 7.09. The molecule has 1 spiro atoms. The Morgan fingerprint density at radius 2 is 1.72 bits per heavy atom. The van der Waals surface area contributed by atoms with Crippen LogP contribution in [0.2, 0.25) is 15.1 Å². The van der Waals surface area contributed by atoms with E-state index < -0.39 is 17.4 Å². The summed E-state index contributed by atoms with van der Waals surface area (Å²) in [7, 11) is 0. The average molecular weight is 538 g/mol. The molecular formula is C27H19Cl3N4O2. The third-order valence-corrected chi connectivity index (χ3v) is 7.79. The van der Waals surface area contributed by atoms with Gasteiger partial charge in [0.15, 0.2) is 0 Å². The lowest BCUT2D eigenvalue weighted by Crippen LogP contribution is -2.57. The van der Waals surface area contributed by atoms with Crippen LogP contribution in [0.25, 0.3) is 5.69 Å². The molecule has 4 aromatic rings. The molecule has 0 bridgehead atoms. The summed E-state index contributed by atoms with van der Waals surface area (Å²) in [5.41, 5.74) is 2.42. The molecule has 1 aromatic heterocycles. The van der Waals surface area contributed by atoms with Crippen LogP contribution in [0.4, 0.5) is 5.69 Å². The first-order valence-corrected chi connectivity index (χ1v) is 12.5. The second-order valence-electron chi connectivity index (χ2n) is 9.00. The van der Waals surface area contributed by atoms with Crippen LogP contribution in [0, 0.1) is 0 Å². The number of hydrogen-bond acceptors (Lipinski definition) is 3. The summed E-state index contributed by atoms with van der Waals surface area (Å²) in [6.45, 7) is 0. The Morgan fingerprint density at radius 1 is 0.944 bits per heavy atom. The van der Waals surface area contributed by atoms with Crippen LogP contribution < -0.4 is 10.6 Å². The van der Waals surface area contributed by atoms with Crippen LogP contribution in [0.5, 0.6) is 0 Å². The summed E-state index contributed by atoms with van der Waals surface area (Å²) in [5.74, 6) is -0.916. The molecule has 2 aliphatic rings. The van der Waals surface area contributed by atoms with Gasteiger partial charge in [-0.1, -0.05) is 53.0 Å². The highest BCUT2D eigenvalue weighted by atomic mass is 35.5. The smallest absolute Gasteiger partial charge is 0.238 e. The number of amides is 2. The molecule has 3 aromatic carbocycles. The molecule has 3 heterocycles. The van der Waals surface area contributed by atoms with Crippen molar-refractivity contribution < 1.29 is 9.59 Å². The van der Waals surface area contributed by atoms with Crippen LogP contribution in [0.15, 0.2) is 79.4 Å². The number of rotatable bonds is 3. The highest BCUT2D eigenvalue weighted by Gasteiger charge is 2.61. The Kier molecular flexibility index (Phi) is 5.56. The minimum Gasteiger partial charge on any atom is -0.348 e. The van der Waals surface area contributed by atoms with Gasteiger partial charge in [-0.25, -0.2) is 4.98 Å². The molecule has 0 saturated carbocycles. The molecule has 6 nitrogen and oxygen atoms in total. The quantitative estimate of drug-likeness (QED) is 0.333. The van der Waals surface area contributed by atoms with Gasteiger partial charge in [0.1, 0.15) is 5.41 Å². The molecule has 3 atom stereocenters. The molecule has 1 saturated heterocycles. The minimum atomic E-state index is -1.20. The number of benzene rings is 3. The fourth-order valence-electron chi connectivity index (χ4n) is 5.66. The van der Waals surface area contributed by atoms with Gasteiger partial charge >= 0.3 is 0 Å². The Bertz CT molecular complexity index is 1520. The lowest BCUT2D eigenvalue weighted by Gasteiger charge is -2.46. The Balaban J connectivity index is 1.67. The number of carbonyl (C=O) groups is 2. The summed E-state index contributed by atoms with van der Waals surface area (Å²) in [4.78, 5) is 31.6. The van der Waals surface area contributed by atoms with Gasteiger partial charge in [-0.15, -0.1) is 0 Å². The van der Waals surface area contributed by atoms with Crippen molar-refractivity contribution in [3.8, 4) is 5.69 Å². The lowest BCUT2D eigenvalue weighted by atomic mass is 9.59. The van der Waals surface area contributed by atoms with E-state index in [4.69, 9.17) is 34.8 Å². The standard InChI is InChI=1S/C27H19Cl3N4O2/c28-16-3-1-2-15(10-16)21-13-24(35)33-25(19-11-17(29)5-7-23(19)34-9-8-31-14-34)27(21)20-6-4-18(30)12-22(20)32-26(27)36/h1-12,14,21,25H,13H2,(H,32,36)(H,33,35). The van der Waals surface area contributed by atoms with Gasteiger partial charge in [-0.05, 0) is 53.6 Å². The number of carbonyl (C=O) groups excluding carboxylic acids is 2. The van der Waals surface area contributed by atoms with E-state index in [1.54, 1.807) is 49.1 Å². The van der Waals surface area contributed by atoms with Crippen molar-refractivity contribution in [1.29, 1.82) is 0 Å². The number of nitrogens with one attached hydrogen (secondary N) is 2. The summed E-state index contributed by atoms with van der Waals surface area (Å²) in [6, 6.07) is 17.4. The summed E-state index contributed by atoms with van der Waals surface area (Å²) >= 11 is 19.2. The predicted octanol–water partition coefficient (Wildman–Crippen LogP) is 6.07. The topological polar surface area (TPSA) is 76.0 Å². The maximum absolute atomic E-state index is 14.2. The van der Waals surface area contributed by atoms with Gasteiger partial charge in [0, 0.05) is 51.1 Å². The van der Waals surface area contributed by atoms with Gasteiger partial charge in [0.25, 0.3) is 0 Å². The number of anilines is 1. The molecule has 3 unspecified atom stereocenters. The highest BCUT2D eigenvalue weighted by molar-refractivity contribution is 6.31. The van der Waals surface area contributed by atoms with Crippen molar-refractivity contribution in [2.24, 2.45) is 0 Å². The summed E-state index contributed by atoms with van der Waals surface area (Å²) in [6.07, 6.45) is 5.25. The first kappa shape index (κ1) is 23.1. The molecular weight excluding hydrogens is 519 g/mol. The van der Waals surface area contributed by atoms with Crippen molar-refractivity contribution in [3.63, 3.8) is 0 Å². The molecule has 180 valence electrons. The van der Waals surface area contributed by atoms with Crippen LogP contribution in [-0.2, 0) is 15.0 Å². The molecule has 0 radical (unpaired) electrons. The zero-order valence-electron chi connectivity index (χ0n) is 18.7. The van der Waals surface area contributed by atoms with Crippen LogP contribution >= 0.6 is 34.8 Å². The van der Waals surface area contributed by atoms with Gasteiger partial charge in [0.2, 0.25) is 11.8 Å². The fraction of sp³-hybridized carbons (Fsp3) is 0.148. The van der Waals surface area contributed by atoms with Gasteiger partial charge in [-0.3, -0.25) is 9.59 Å². The molecule has 1 fully saturated rings. The Hall–Kier alpha value is -3.32. The summed E-state index contributed by atoms with van der Waals surface area (Å²) < 4.78 is 1.84. The molecule has 2 amide bonds. The van der Waals surface area contributed by atoms with Crippen LogP contribution in [0.3, 0.4) is 0 Å².